The number of nitriles is 1. The Morgan fingerprint density at radius 1 is 1.14 bits per heavy atom. The molecule has 35 heavy (non-hydrogen) atoms. The number of carbonyl (C=O) groups is 1. The van der Waals surface area contributed by atoms with E-state index in [4.69, 9.17) is 9.47 Å². The van der Waals surface area contributed by atoms with Crippen LogP contribution in [0.4, 0.5) is 5.69 Å². The Morgan fingerprint density at radius 2 is 1.91 bits per heavy atom. The number of anilines is 1. The van der Waals surface area contributed by atoms with Crippen molar-refractivity contribution in [3.05, 3.63) is 98.4 Å². The molecule has 0 aliphatic carbocycles. The maximum Gasteiger partial charge on any atom is 0.269 e. The predicted octanol–water partition coefficient (Wildman–Crippen LogP) is 5.11. The zero-order chi connectivity index (χ0) is 24.9. The Hall–Kier alpha value is -4.42. The minimum Gasteiger partial charge on any atom is -0.493 e. The van der Waals surface area contributed by atoms with E-state index >= 15 is 0 Å². The van der Waals surface area contributed by atoms with Crippen molar-refractivity contribution in [2.24, 2.45) is 0 Å². The van der Waals surface area contributed by atoms with Crippen molar-refractivity contribution in [3.63, 3.8) is 0 Å². The summed E-state index contributed by atoms with van der Waals surface area (Å²) in [6.45, 7) is 1.82. The van der Waals surface area contributed by atoms with E-state index in [1.165, 1.54) is 17.6 Å². The zero-order valence-electron chi connectivity index (χ0n) is 18.8. The lowest BCUT2D eigenvalue weighted by molar-refractivity contribution is -0.112. The lowest BCUT2D eigenvalue weighted by Crippen LogP contribution is -2.20. The molecule has 1 N–H and O–H groups in total. The number of rotatable bonds is 6. The number of halogens is 1. The zero-order valence-corrected chi connectivity index (χ0v) is 20.4. The van der Waals surface area contributed by atoms with Gasteiger partial charge in [-0.3, -0.25) is 14.0 Å². The molecule has 0 radical (unpaired) electrons. The maximum atomic E-state index is 13.4. The molecule has 2 aromatic heterocycles. The summed E-state index contributed by atoms with van der Waals surface area (Å²) >= 11 is 3.34. The molecule has 4 rings (SSSR count). The van der Waals surface area contributed by atoms with Crippen LogP contribution in [-0.4, -0.2) is 22.4 Å². The Labute approximate surface area is 209 Å². The maximum absolute atomic E-state index is 13.4. The Morgan fingerprint density at radius 3 is 2.63 bits per heavy atom. The molecular weight excluding hydrogens is 512 g/mol. The summed E-state index contributed by atoms with van der Waals surface area (Å²) in [5, 5.41) is 12.4. The number of pyridine rings is 1. The van der Waals surface area contributed by atoms with Gasteiger partial charge in [0.25, 0.3) is 11.5 Å². The molecular formula is C26H19BrN4O4. The van der Waals surface area contributed by atoms with Crippen LogP contribution in [0.1, 0.15) is 11.1 Å². The summed E-state index contributed by atoms with van der Waals surface area (Å²) in [7, 11) is 1.50. The van der Waals surface area contributed by atoms with Gasteiger partial charge in [-0.25, -0.2) is 0 Å². The summed E-state index contributed by atoms with van der Waals surface area (Å²) < 4.78 is 13.4. The first-order chi connectivity index (χ1) is 16.9. The van der Waals surface area contributed by atoms with Gasteiger partial charge >= 0.3 is 0 Å². The van der Waals surface area contributed by atoms with E-state index in [9.17, 15) is 14.9 Å². The molecule has 0 unspecified atom stereocenters. The highest BCUT2D eigenvalue weighted by Gasteiger charge is 2.19. The number of carbonyl (C=O) groups excluding carboxylic acids is 1. The van der Waals surface area contributed by atoms with Gasteiger partial charge < -0.3 is 14.8 Å². The van der Waals surface area contributed by atoms with E-state index < -0.39 is 11.5 Å². The molecule has 0 spiro atoms. The molecule has 4 aromatic rings. The fraction of sp³-hybridized carbons (Fsp3) is 0.0769. The number of aryl methyl sites for hydroxylation is 1. The number of amides is 1. The van der Waals surface area contributed by atoms with Gasteiger partial charge in [-0.05, 0) is 55.0 Å². The number of aromatic nitrogens is 2. The molecule has 0 aliphatic heterocycles. The number of methoxy groups -OCH3 is 1. The van der Waals surface area contributed by atoms with Crippen LogP contribution in [0.5, 0.6) is 17.4 Å². The van der Waals surface area contributed by atoms with Crippen molar-refractivity contribution < 1.29 is 14.3 Å². The van der Waals surface area contributed by atoms with Crippen LogP contribution in [0.15, 0.2) is 81.7 Å². The van der Waals surface area contributed by atoms with Gasteiger partial charge in [0.05, 0.1) is 7.11 Å². The summed E-state index contributed by atoms with van der Waals surface area (Å²) in [5.74, 6) is 0.0214. The van der Waals surface area contributed by atoms with Crippen molar-refractivity contribution in [1.82, 2.24) is 9.38 Å². The number of benzene rings is 2. The number of nitrogens with one attached hydrogen (secondary N) is 1. The van der Waals surface area contributed by atoms with Gasteiger partial charge in [0.2, 0.25) is 5.88 Å². The van der Waals surface area contributed by atoms with Crippen LogP contribution in [-0.2, 0) is 4.79 Å². The highest BCUT2D eigenvalue weighted by molar-refractivity contribution is 9.10. The highest BCUT2D eigenvalue weighted by Crippen LogP contribution is 2.32. The van der Waals surface area contributed by atoms with Crippen molar-refractivity contribution in [1.29, 1.82) is 5.26 Å². The molecule has 0 bridgehead atoms. The Kier molecular flexibility index (Phi) is 6.94. The molecule has 0 fully saturated rings. The minimum atomic E-state index is -0.678. The fourth-order valence-corrected chi connectivity index (χ4v) is 3.76. The van der Waals surface area contributed by atoms with Gasteiger partial charge in [0, 0.05) is 16.4 Å². The third-order valence-corrected chi connectivity index (χ3v) is 5.55. The van der Waals surface area contributed by atoms with E-state index in [1.807, 2.05) is 25.1 Å². The average molecular weight is 531 g/mol. The summed E-state index contributed by atoms with van der Waals surface area (Å²) in [6, 6.07) is 19.2. The van der Waals surface area contributed by atoms with Crippen molar-refractivity contribution >= 4 is 39.2 Å². The molecule has 0 atom stereocenters. The quantitative estimate of drug-likeness (QED) is 0.274. The monoisotopic (exact) mass is 530 g/mol. The topological polar surface area (TPSA) is 106 Å². The SMILES string of the molecule is COc1ccccc1Oc1nc2c(C)cccn2c(=O)c1/C=C(/C#N)C(=O)Nc1cccc(Br)c1. The predicted molar refractivity (Wildman–Crippen MR) is 136 cm³/mol. The molecule has 2 aromatic carbocycles. The number of hydrogen-bond donors (Lipinski definition) is 1. The molecule has 2 heterocycles. The second-order valence-corrected chi connectivity index (χ2v) is 8.32. The molecule has 174 valence electrons. The van der Waals surface area contributed by atoms with E-state index in [0.29, 0.717) is 22.8 Å². The van der Waals surface area contributed by atoms with E-state index in [0.717, 1.165) is 10.0 Å². The number of para-hydroxylation sites is 2. The van der Waals surface area contributed by atoms with Crippen LogP contribution in [0.3, 0.4) is 0 Å². The third kappa shape index (κ3) is 5.08. The van der Waals surface area contributed by atoms with E-state index in [1.54, 1.807) is 54.7 Å². The average Bonchev–Trinajstić information content (AvgIpc) is 2.85. The first kappa shape index (κ1) is 23.7. The lowest BCUT2D eigenvalue weighted by atomic mass is 10.1. The van der Waals surface area contributed by atoms with Crippen LogP contribution in [0.25, 0.3) is 11.7 Å². The molecule has 0 aliphatic rings. The third-order valence-electron chi connectivity index (χ3n) is 5.06. The van der Waals surface area contributed by atoms with E-state index in [2.05, 4.69) is 26.2 Å². The van der Waals surface area contributed by atoms with E-state index in [-0.39, 0.29) is 17.0 Å². The van der Waals surface area contributed by atoms with Gasteiger partial charge in [-0.1, -0.05) is 40.2 Å². The summed E-state index contributed by atoms with van der Waals surface area (Å²) in [6.07, 6.45) is 2.75. The largest absolute Gasteiger partial charge is 0.493 e. The molecule has 0 saturated carbocycles. The van der Waals surface area contributed by atoms with Gasteiger partial charge in [-0.15, -0.1) is 0 Å². The number of fused-ring (bicyclic) bond motifs is 1. The molecule has 0 saturated heterocycles. The van der Waals surface area contributed by atoms with Crippen LogP contribution in [0.2, 0.25) is 0 Å². The normalized spacial score (nSPS) is 11.1. The molecule has 9 heteroatoms. The fourth-order valence-electron chi connectivity index (χ4n) is 3.36. The number of hydrogen-bond acceptors (Lipinski definition) is 6. The highest BCUT2D eigenvalue weighted by atomic mass is 79.9. The van der Waals surface area contributed by atoms with Crippen molar-refractivity contribution in [2.75, 3.05) is 12.4 Å². The first-order valence-electron chi connectivity index (χ1n) is 10.4. The van der Waals surface area contributed by atoms with Gasteiger partial charge in [-0.2, -0.15) is 10.2 Å². The standard InChI is InChI=1S/C26H19BrN4O4/c1-16-7-6-12-31-23(16)30-25(35-22-11-4-3-10-21(22)34-2)20(26(31)33)13-17(15-28)24(32)29-19-9-5-8-18(27)14-19/h3-14H,1-2H3,(H,29,32)/b17-13-. The van der Waals surface area contributed by atoms with Crippen molar-refractivity contribution in [2.45, 2.75) is 6.92 Å². The van der Waals surface area contributed by atoms with Crippen LogP contribution < -0.4 is 20.3 Å². The number of ether oxygens (including phenoxy) is 2. The smallest absolute Gasteiger partial charge is 0.269 e. The Bertz CT molecular complexity index is 1570. The van der Waals surface area contributed by atoms with Gasteiger partial charge in [0.1, 0.15) is 22.9 Å². The summed E-state index contributed by atoms with van der Waals surface area (Å²) in [5.41, 5.74) is 0.780. The second-order valence-electron chi connectivity index (χ2n) is 7.41. The minimum absolute atomic E-state index is 0.0556. The summed E-state index contributed by atoms with van der Waals surface area (Å²) in [4.78, 5) is 30.8. The van der Waals surface area contributed by atoms with Gasteiger partial charge in [0.15, 0.2) is 11.5 Å². The molecule has 8 nitrogen and oxygen atoms in total. The Balaban J connectivity index is 1.85. The van der Waals surface area contributed by atoms with Crippen LogP contribution >= 0.6 is 15.9 Å². The van der Waals surface area contributed by atoms with Crippen molar-refractivity contribution in [3.8, 4) is 23.4 Å². The second kappa shape index (κ2) is 10.2. The lowest BCUT2D eigenvalue weighted by Gasteiger charge is -2.13. The first-order valence-corrected chi connectivity index (χ1v) is 11.2. The van der Waals surface area contributed by atoms with Crippen LogP contribution in [0, 0.1) is 18.3 Å². The number of nitrogens with zero attached hydrogens (tertiary/aromatic N) is 3. The molecule has 1 amide bonds.